The zero-order valence-electron chi connectivity index (χ0n) is 13.4. The molecule has 0 unspecified atom stereocenters. The minimum absolute atomic E-state index is 0.180. The molecule has 2 aliphatic heterocycles. The van der Waals surface area contributed by atoms with Crippen molar-refractivity contribution >= 4 is 5.91 Å². The third-order valence-corrected chi connectivity index (χ3v) is 5.14. The summed E-state index contributed by atoms with van der Waals surface area (Å²) >= 11 is 0. The van der Waals surface area contributed by atoms with Gasteiger partial charge < -0.3 is 19.5 Å². The summed E-state index contributed by atoms with van der Waals surface area (Å²) in [4.78, 5) is 14.6. The van der Waals surface area contributed by atoms with Crippen LogP contribution in [0.15, 0.2) is 12.1 Å². The zero-order valence-corrected chi connectivity index (χ0v) is 13.4. The molecule has 1 saturated carbocycles. The van der Waals surface area contributed by atoms with Crippen molar-refractivity contribution in [1.82, 2.24) is 10.2 Å². The lowest BCUT2D eigenvalue weighted by Crippen LogP contribution is -2.67. The quantitative estimate of drug-likeness (QED) is 0.911. The normalized spacial score (nSPS) is 22.4. The van der Waals surface area contributed by atoms with Crippen molar-refractivity contribution in [2.45, 2.75) is 31.3 Å². The summed E-state index contributed by atoms with van der Waals surface area (Å²) in [7, 11) is 1.64. The van der Waals surface area contributed by atoms with Gasteiger partial charge >= 0.3 is 0 Å². The first-order chi connectivity index (χ1) is 11.2. The molecule has 0 atom stereocenters. The molecule has 1 saturated heterocycles. The topological polar surface area (TPSA) is 60.0 Å². The fraction of sp³-hybridized carbons (Fsp3) is 0.588. The first-order valence-electron chi connectivity index (χ1n) is 8.23. The van der Waals surface area contributed by atoms with Gasteiger partial charge in [0.25, 0.3) is 0 Å². The average Bonchev–Trinajstić information content (AvgIpc) is 2.52. The van der Waals surface area contributed by atoms with Crippen molar-refractivity contribution in [3.05, 3.63) is 17.7 Å². The lowest BCUT2D eigenvalue weighted by Gasteiger charge is -2.51. The smallest absolute Gasteiger partial charge is 0.240 e. The highest BCUT2D eigenvalue weighted by molar-refractivity contribution is 5.88. The number of hydrogen-bond acceptors (Lipinski definition) is 5. The number of nitrogens with one attached hydrogen (secondary N) is 1. The molecule has 124 valence electrons. The number of nitrogens with zero attached hydrogens (tertiary/aromatic N) is 1. The van der Waals surface area contributed by atoms with E-state index in [2.05, 4.69) is 10.2 Å². The van der Waals surface area contributed by atoms with Crippen LogP contribution in [0.25, 0.3) is 0 Å². The van der Waals surface area contributed by atoms with Crippen LogP contribution in [0.4, 0.5) is 0 Å². The van der Waals surface area contributed by atoms with Crippen LogP contribution in [0.3, 0.4) is 0 Å². The summed E-state index contributed by atoms with van der Waals surface area (Å²) in [5, 5.41) is 3.01. The second kappa shape index (κ2) is 5.60. The number of methoxy groups -OCH3 is 1. The number of ether oxygens (including phenoxy) is 3. The minimum Gasteiger partial charge on any atom is -0.493 e. The van der Waals surface area contributed by atoms with Crippen LogP contribution in [0.2, 0.25) is 0 Å². The van der Waals surface area contributed by atoms with Gasteiger partial charge in [0.05, 0.1) is 7.11 Å². The number of piperazine rings is 1. The number of rotatable bonds is 3. The van der Waals surface area contributed by atoms with E-state index in [1.807, 2.05) is 12.1 Å². The Morgan fingerprint density at radius 1 is 1.30 bits per heavy atom. The average molecular weight is 318 g/mol. The first kappa shape index (κ1) is 14.6. The van der Waals surface area contributed by atoms with Crippen LogP contribution in [-0.4, -0.2) is 49.8 Å². The van der Waals surface area contributed by atoms with Gasteiger partial charge in [-0.15, -0.1) is 0 Å². The molecule has 6 heteroatoms. The minimum atomic E-state index is -0.307. The molecule has 2 heterocycles. The Bertz CT molecular complexity index is 610. The Balaban J connectivity index is 1.62. The van der Waals surface area contributed by atoms with Gasteiger partial charge in [0, 0.05) is 19.6 Å². The van der Waals surface area contributed by atoms with E-state index in [1.165, 1.54) is 0 Å². The van der Waals surface area contributed by atoms with Crippen molar-refractivity contribution in [1.29, 1.82) is 0 Å². The van der Waals surface area contributed by atoms with Crippen LogP contribution < -0.4 is 19.5 Å². The summed E-state index contributed by atoms with van der Waals surface area (Å²) in [5.74, 6) is 2.28. The third kappa shape index (κ3) is 2.32. The van der Waals surface area contributed by atoms with Crippen molar-refractivity contribution in [2.24, 2.45) is 0 Å². The molecular formula is C17H22N2O4. The highest BCUT2D eigenvalue weighted by Gasteiger charge is 2.50. The van der Waals surface area contributed by atoms with Crippen molar-refractivity contribution in [2.75, 3.05) is 33.4 Å². The van der Waals surface area contributed by atoms with E-state index in [4.69, 9.17) is 14.2 Å². The molecule has 1 aliphatic carbocycles. The molecule has 1 N–H and O–H groups in total. The van der Waals surface area contributed by atoms with Crippen LogP contribution in [0.1, 0.15) is 24.8 Å². The van der Waals surface area contributed by atoms with Crippen LogP contribution in [0, 0.1) is 0 Å². The van der Waals surface area contributed by atoms with Crippen LogP contribution >= 0.6 is 0 Å². The Morgan fingerprint density at radius 2 is 2.13 bits per heavy atom. The SMILES string of the molecule is COc1cc(CN2CCNC(=O)C23CCC3)cc2c1OCCO2. The second-order valence-corrected chi connectivity index (χ2v) is 6.38. The third-order valence-electron chi connectivity index (χ3n) is 5.14. The predicted molar refractivity (Wildman–Crippen MR) is 84.0 cm³/mol. The van der Waals surface area contributed by atoms with Gasteiger partial charge in [0.2, 0.25) is 11.7 Å². The summed E-state index contributed by atoms with van der Waals surface area (Å²) in [6.07, 6.45) is 3.01. The fourth-order valence-electron chi connectivity index (χ4n) is 3.75. The second-order valence-electron chi connectivity index (χ2n) is 6.38. The zero-order chi connectivity index (χ0) is 15.9. The van der Waals surface area contributed by atoms with E-state index < -0.39 is 0 Å². The van der Waals surface area contributed by atoms with E-state index in [9.17, 15) is 4.79 Å². The largest absolute Gasteiger partial charge is 0.493 e. The molecule has 6 nitrogen and oxygen atoms in total. The van der Waals surface area contributed by atoms with Gasteiger partial charge in [-0.3, -0.25) is 9.69 Å². The van der Waals surface area contributed by atoms with Crippen LogP contribution in [-0.2, 0) is 11.3 Å². The van der Waals surface area contributed by atoms with Gasteiger partial charge in [-0.25, -0.2) is 0 Å². The fourth-order valence-corrected chi connectivity index (χ4v) is 3.75. The number of hydrogen-bond donors (Lipinski definition) is 1. The maximum absolute atomic E-state index is 12.3. The first-order valence-corrected chi connectivity index (χ1v) is 8.23. The Kier molecular flexibility index (Phi) is 3.56. The highest BCUT2D eigenvalue weighted by Crippen LogP contribution is 2.43. The molecule has 1 aromatic rings. The Labute approximate surface area is 135 Å². The number of carbonyl (C=O) groups excluding carboxylic acids is 1. The summed E-state index contributed by atoms with van der Waals surface area (Å²) in [6.45, 7) is 3.40. The maximum atomic E-state index is 12.3. The molecule has 0 aromatic heterocycles. The predicted octanol–water partition coefficient (Wildman–Crippen LogP) is 1.32. The lowest BCUT2D eigenvalue weighted by molar-refractivity contribution is -0.145. The van der Waals surface area contributed by atoms with Crippen molar-refractivity contribution < 1.29 is 19.0 Å². The van der Waals surface area contributed by atoms with E-state index in [-0.39, 0.29) is 11.4 Å². The van der Waals surface area contributed by atoms with Crippen LogP contribution in [0.5, 0.6) is 17.2 Å². The van der Waals surface area contributed by atoms with Gasteiger partial charge in [-0.1, -0.05) is 0 Å². The van der Waals surface area contributed by atoms with E-state index in [0.29, 0.717) is 31.3 Å². The van der Waals surface area contributed by atoms with E-state index >= 15 is 0 Å². The monoisotopic (exact) mass is 318 g/mol. The van der Waals surface area contributed by atoms with Gasteiger partial charge in [-0.05, 0) is 37.0 Å². The molecule has 2 fully saturated rings. The molecule has 0 radical (unpaired) electrons. The molecule has 0 bridgehead atoms. The molecule has 23 heavy (non-hydrogen) atoms. The molecule has 1 spiro atoms. The number of fused-ring (bicyclic) bond motifs is 1. The molecule has 1 amide bonds. The molecule has 1 aromatic carbocycles. The number of amides is 1. The molecular weight excluding hydrogens is 296 g/mol. The Morgan fingerprint density at radius 3 is 2.87 bits per heavy atom. The summed E-state index contributed by atoms with van der Waals surface area (Å²) in [5.41, 5.74) is 0.783. The maximum Gasteiger partial charge on any atom is 0.240 e. The number of benzene rings is 1. The summed E-state index contributed by atoms with van der Waals surface area (Å²) < 4.78 is 16.8. The summed E-state index contributed by atoms with van der Waals surface area (Å²) in [6, 6.07) is 4.00. The van der Waals surface area contributed by atoms with Gasteiger partial charge in [0.1, 0.15) is 18.8 Å². The standard InChI is InChI=1S/C17H22N2O4/c1-21-13-9-12(10-14-15(13)23-8-7-22-14)11-19-6-5-18-16(20)17(19)3-2-4-17/h9-10H,2-8,11H2,1H3,(H,18,20). The number of carbonyl (C=O) groups is 1. The molecule has 4 rings (SSSR count). The van der Waals surface area contributed by atoms with Crippen molar-refractivity contribution in [3.63, 3.8) is 0 Å². The van der Waals surface area contributed by atoms with E-state index in [1.54, 1.807) is 7.11 Å². The lowest BCUT2D eigenvalue weighted by atomic mass is 9.73. The van der Waals surface area contributed by atoms with Gasteiger partial charge in [-0.2, -0.15) is 0 Å². The highest BCUT2D eigenvalue weighted by atomic mass is 16.6. The Hall–Kier alpha value is -1.95. The van der Waals surface area contributed by atoms with E-state index in [0.717, 1.165) is 43.7 Å². The molecule has 3 aliphatic rings. The van der Waals surface area contributed by atoms with Crippen molar-refractivity contribution in [3.8, 4) is 17.2 Å². The van der Waals surface area contributed by atoms with Gasteiger partial charge in [0.15, 0.2) is 11.5 Å².